The third-order valence-corrected chi connectivity index (χ3v) is 3.33. The third kappa shape index (κ3) is 2.22. The highest BCUT2D eigenvalue weighted by molar-refractivity contribution is 6.31. The van der Waals surface area contributed by atoms with E-state index in [0.29, 0.717) is 21.6 Å². The fraction of sp³-hybridized carbons (Fsp3) is 0. The molecule has 1 aromatic carbocycles. The molecule has 0 radical (unpaired) electrons. The van der Waals surface area contributed by atoms with Crippen molar-refractivity contribution >= 4 is 28.6 Å². The van der Waals surface area contributed by atoms with Crippen LogP contribution < -0.4 is 0 Å². The van der Waals surface area contributed by atoms with E-state index in [0.717, 1.165) is 5.69 Å². The molecule has 0 atom stereocenters. The third-order valence-electron chi connectivity index (χ3n) is 3.12. The highest BCUT2D eigenvalue weighted by Gasteiger charge is 2.12. The van der Waals surface area contributed by atoms with Crippen molar-refractivity contribution in [2.75, 3.05) is 0 Å². The second kappa shape index (κ2) is 4.93. The van der Waals surface area contributed by atoms with E-state index in [9.17, 15) is 10.1 Å². The van der Waals surface area contributed by atoms with Gasteiger partial charge in [-0.2, -0.15) is 5.26 Å². The Bertz CT molecular complexity index is 892. The van der Waals surface area contributed by atoms with E-state index in [-0.39, 0.29) is 5.56 Å². The molecular weight excluding hydrogens is 290 g/mol. The SMILES string of the molecule is N#Cc1cn(-c2ccc(C(=O)O)cc2)c2ncc(Cl)cc12. The van der Waals surface area contributed by atoms with Crippen LogP contribution in [0.5, 0.6) is 0 Å². The summed E-state index contributed by atoms with van der Waals surface area (Å²) in [6.45, 7) is 0. The summed E-state index contributed by atoms with van der Waals surface area (Å²) in [5.41, 5.74) is 1.98. The van der Waals surface area contributed by atoms with Gasteiger partial charge in [0.25, 0.3) is 0 Å². The Morgan fingerprint density at radius 3 is 2.67 bits per heavy atom. The first kappa shape index (κ1) is 13.2. The first-order valence-electron chi connectivity index (χ1n) is 6.00. The van der Waals surface area contributed by atoms with Gasteiger partial charge in [-0.05, 0) is 30.3 Å². The van der Waals surface area contributed by atoms with Crippen LogP contribution in [0.25, 0.3) is 16.7 Å². The van der Waals surface area contributed by atoms with Gasteiger partial charge in [0.05, 0.1) is 16.1 Å². The number of aromatic carboxylic acids is 1. The molecule has 3 rings (SSSR count). The summed E-state index contributed by atoms with van der Waals surface area (Å²) in [6, 6.07) is 10.1. The summed E-state index contributed by atoms with van der Waals surface area (Å²) in [6.07, 6.45) is 3.16. The number of hydrogen-bond donors (Lipinski definition) is 1. The molecule has 21 heavy (non-hydrogen) atoms. The number of hydrogen-bond acceptors (Lipinski definition) is 3. The minimum Gasteiger partial charge on any atom is -0.478 e. The van der Waals surface area contributed by atoms with Crippen LogP contribution in [0.2, 0.25) is 5.02 Å². The summed E-state index contributed by atoms with van der Waals surface area (Å²) >= 11 is 5.91. The van der Waals surface area contributed by atoms with Gasteiger partial charge in [-0.15, -0.1) is 0 Å². The van der Waals surface area contributed by atoms with Gasteiger partial charge in [-0.25, -0.2) is 9.78 Å². The van der Waals surface area contributed by atoms with E-state index in [2.05, 4.69) is 11.1 Å². The van der Waals surface area contributed by atoms with Gasteiger partial charge in [0, 0.05) is 23.5 Å². The Morgan fingerprint density at radius 1 is 1.33 bits per heavy atom. The fourth-order valence-electron chi connectivity index (χ4n) is 2.13. The summed E-state index contributed by atoms with van der Waals surface area (Å²) in [5.74, 6) is -0.985. The zero-order valence-corrected chi connectivity index (χ0v) is 11.4. The molecule has 0 aliphatic carbocycles. The quantitative estimate of drug-likeness (QED) is 0.787. The molecule has 0 saturated heterocycles. The maximum Gasteiger partial charge on any atom is 0.335 e. The molecule has 0 aliphatic rings. The van der Waals surface area contributed by atoms with Crippen LogP contribution in [-0.2, 0) is 0 Å². The van der Waals surface area contributed by atoms with Crippen molar-refractivity contribution in [3.63, 3.8) is 0 Å². The first-order valence-corrected chi connectivity index (χ1v) is 6.38. The second-order valence-corrected chi connectivity index (χ2v) is 4.84. The molecular formula is C15H8ClN3O2. The van der Waals surface area contributed by atoms with Crippen molar-refractivity contribution in [3.05, 3.63) is 58.9 Å². The van der Waals surface area contributed by atoms with Crippen LogP contribution in [0, 0.1) is 11.3 Å². The highest BCUT2D eigenvalue weighted by Crippen LogP contribution is 2.25. The fourth-order valence-corrected chi connectivity index (χ4v) is 2.29. The lowest BCUT2D eigenvalue weighted by Gasteiger charge is -2.05. The molecule has 0 saturated carbocycles. The van der Waals surface area contributed by atoms with Gasteiger partial charge in [0.2, 0.25) is 0 Å². The maximum atomic E-state index is 10.9. The van der Waals surface area contributed by atoms with Gasteiger partial charge in [-0.3, -0.25) is 4.57 Å². The molecule has 102 valence electrons. The minimum atomic E-state index is -0.985. The van der Waals surface area contributed by atoms with Gasteiger partial charge in [-0.1, -0.05) is 11.6 Å². The Balaban J connectivity index is 2.21. The maximum absolute atomic E-state index is 10.9. The topological polar surface area (TPSA) is 78.9 Å². The van der Waals surface area contributed by atoms with Gasteiger partial charge in [0.1, 0.15) is 11.7 Å². The molecule has 2 aromatic heterocycles. The number of rotatable bonds is 2. The van der Waals surface area contributed by atoms with E-state index >= 15 is 0 Å². The minimum absolute atomic E-state index is 0.201. The normalized spacial score (nSPS) is 10.5. The summed E-state index contributed by atoms with van der Waals surface area (Å²) in [5, 5.41) is 19.2. The molecule has 0 fully saturated rings. The lowest BCUT2D eigenvalue weighted by Crippen LogP contribution is -1.98. The number of carbonyl (C=O) groups is 1. The molecule has 0 unspecified atom stereocenters. The zero-order chi connectivity index (χ0) is 15.0. The van der Waals surface area contributed by atoms with Crippen molar-refractivity contribution < 1.29 is 9.90 Å². The van der Waals surface area contributed by atoms with Crippen molar-refractivity contribution in [1.29, 1.82) is 5.26 Å². The number of halogens is 1. The van der Waals surface area contributed by atoms with Crippen LogP contribution in [0.4, 0.5) is 0 Å². The lowest BCUT2D eigenvalue weighted by atomic mass is 10.2. The van der Waals surface area contributed by atoms with Crippen LogP contribution in [-0.4, -0.2) is 20.6 Å². The Labute approximate surface area is 124 Å². The molecule has 3 aromatic rings. The second-order valence-electron chi connectivity index (χ2n) is 4.40. The summed E-state index contributed by atoms with van der Waals surface area (Å²) < 4.78 is 1.73. The Morgan fingerprint density at radius 2 is 2.05 bits per heavy atom. The standard InChI is InChI=1S/C15H8ClN3O2/c16-11-5-13-10(6-17)8-19(14(13)18-7-11)12-3-1-9(2-4-12)15(20)21/h1-5,7-8H,(H,20,21). The molecule has 6 heteroatoms. The van der Waals surface area contributed by atoms with Crippen molar-refractivity contribution in [2.24, 2.45) is 0 Å². The molecule has 5 nitrogen and oxygen atoms in total. The largest absolute Gasteiger partial charge is 0.478 e. The van der Waals surface area contributed by atoms with Crippen LogP contribution in [0.3, 0.4) is 0 Å². The molecule has 0 amide bonds. The number of nitrogens with zero attached hydrogens (tertiary/aromatic N) is 3. The Kier molecular flexibility index (Phi) is 3.09. The van der Waals surface area contributed by atoms with Crippen molar-refractivity contribution in [2.45, 2.75) is 0 Å². The van der Waals surface area contributed by atoms with Crippen molar-refractivity contribution in [3.8, 4) is 11.8 Å². The van der Waals surface area contributed by atoms with E-state index in [1.165, 1.54) is 18.3 Å². The van der Waals surface area contributed by atoms with Crippen LogP contribution in [0.1, 0.15) is 15.9 Å². The molecule has 0 bridgehead atoms. The molecule has 2 heterocycles. The van der Waals surface area contributed by atoms with Crippen molar-refractivity contribution in [1.82, 2.24) is 9.55 Å². The summed E-state index contributed by atoms with van der Waals surface area (Å²) in [7, 11) is 0. The molecule has 1 N–H and O–H groups in total. The number of fused-ring (bicyclic) bond motifs is 1. The first-order chi connectivity index (χ1) is 10.1. The molecule has 0 aliphatic heterocycles. The Hall–Kier alpha value is -2.84. The smallest absolute Gasteiger partial charge is 0.335 e. The van der Waals surface area contributed by atoms with Gasteiger partial charge >= 0.3 is 5.97 Å². The number of aromatic nitrogens is 2. The number of carboxylic acid groups (broad SMARTS) is 1. The number of pyridine rings is 1. The van der Waals surface area contributed by atoms with E-state index in [1.807, 2.05) is 0 Å². The van der Waals surface area contributed by atoms with E-state index in [4.69, 9.17) is 16.7 Å². The monoisotopic (exact) mass is 297 g/mol. The number of carboxylic acids is 1. The number of nitriles is 1. The average Bonchev–Trinajstić information content (AvgIpc) is 2.85. The van der Waals surface area contributed by atoms with Crippen LogP contribution in [0.15, 0.2) is 42.7 Å². The predicted molar refractivity (Wildman–Crippen MR) is 77.8 cm³/mol. The van der Waals surface area contributed by atoms with E-state index < -0.39 is 5.97 Å². The highest BCUT2D eigenvalue weighted by atomic mass is 35.5. The van der Waals surface area contributed by atoms with E-state index in [1.54, 1.807) is 29.0 Å². The van der Waals surface area contributed by atoms with Crippen LogP contribution >= 0.6 is 11.6 Å². The van der Waals surface area contributed by atoms with Gasteiger partial charge in [0.15, 0.2) is 0 Å². The summed E-state index contributed by atoms with van der Waals surface area (Å²) in [4.78, 5) is 15.1. The number of benzene rings is 1. The van der Waals surface area contributed by atoms with Gasteiger partial charge < -0.3 is 5.11 Å². The molecule has 0 spiro atoms. The average molecular weight is 298 g/mol. The lowest BCUT2D eigenvalue weighted by molar-refractivity contribution is 0.0697. The predicted octanol–water partition coefficient (Wildman–Crippen LogP) is 3.25. The zero-order valence-electron chi connectivity index (χ0n) is 10.6.